The van der Waals surface area contributed by atoms with E-state index >= 15 is 0 Å². The van der Waals surface area contributed by atoms with Gasteiger partial charge in [0.25, 0.3) is 0 Å². The van der Waals surface area contributed by atoms with Crippen molar-refractivity contribution in [3.8, 4) is 0 Å². The Balaban J connectivity index is 1.80. The van der Waals surface area contributed by atoms with E-state index in [1.165, 1.54) is 12.8 Å². The molecule has 2 atom stereocenters. The summed E-state index contributed by atoms with van der Waals surface area (Å²) in [6.45, 7) is 4.07. The van der Waals surface area contributed by atoms with Gasteiger partial charge in [-0.25, -0.2) is 4.79 Å². The molecule has 2 unspecified atom stereocenters. The summed E-state index contributed by atoms with van der Waals surface area (Å²) >= 11 is 1.94. The molecule has 15 heavy (non-hydrogen) atoms. The van der Waals surface area contributed by atoms with Gasteiger partial charge in [-0.1, -0.05) is 13.3 Å². The lowest BCUT2D eigenvalue weighted by Crippen LogP contribution is -2.48. The van der Waals surface area contributed by atoms with Gasteiger partial charge in [0.15, 0.2) is 0 Å². The van der Waals surface area contributed by atoms with Gasteiger partial charge in [0, 0.05) is 30.6 Å². The molecule has 1 aliphatic heterocycles. The van der Waals surface area contributed by atoms with Gasteiger partial charge in [-0.15, -0.1) is 0 Å². The van der Waals surface area contributed by atoms with Crippen molar-refractivity contribution in [2.75, 3.05) is 24.6 Å². The summed E-state index contributed by atoms with van der Waals surface area (Å²) in [6, 6.07) is 0.584. The van der Waals surface area contributed by atoms with Crippen LogP contribution in [0.3, 0.4) is 0 Å². The first kappa shape index (κ1) is 11.1. The van der Waals surface area contributed by atoms with Crippen LogP contribution in [0.4, 0.5) is 4.79 Å². The Bertz CT molecular complexity index is 229. The first-order chi connectivity index (χ1) is 7.27. The first-order valence-electron chi connectivity index (χ1n) is 5.90. The van der Waals surface area contributed by atoms with E-state index in [4.69, 9.17) is 0 Å². The summed E-state index contributed by atoms with van der Waals surface area (Å²) in [5.74, 6) is 2.84. The Kier molecular flexibility index (Phi) is 3.78. The van der Waals surface area contributed by atoms with Gasteiger partial charge in [0.05, 0.1) is 0 Å². The molecule has 0 bridgehead atoms. The molecule has 1 aliphatic carbocycles. The highest BCUT2D eigenvalue weighted by molar-refractivity contribution is 7.99. The highest BCUT2D eigenvalue weighted by Crippen LogP contribution is 2.25. The van der Waals surface area contributed by atoms with Crippen LogP contribution in [-0.2, 0) is 0 Å². The molecule has 1 N–H and O–H groups in total. The van der Waals surface area contributed by atoms with Crippen LogP contribution < -0.4 is 5.32 Å². The Morgan fingerprint density at radius 1 is 1.33 bits per heavy atom. The molecule has 86 valence electrons. The third-order valence-electron chi connectivity index (χ3n) is 3.47. The monoisotopic (exact) mass is 228 g/mol. The quantitative estimate of drug-likeness (QED) is 0.744. The van der Waals surface area contributed by atoms with E-state index in [2.05, 4.69) is 12.2 Å². The van der Waals surface area contributed by atoms with Crippen LogP contribution in [0.15, 0.2) is 0 Å². The second-order valence-electron chi connectivity index (χ2n) is 4.56. The second-order valence-corrected chi connectivity index (χ2v) is 5.79. The Hall–Kier alpha value is -0.380. The first-order valence-corrected chi connectivity index (χ1v) is 7.06. The largest absolute Gasteiger partial charge is 0.335 e. The highest BCUT2D eigenvalue weighted by atomic mass is 32.2. The fraction of sp³-hybridized carbons (Fsp3) is 0.909. The van der Waals surface area contributed by atoms with Crippen molar-refractivity contribution in [3.05, 3.63) is 0 Å². The number of nitrogens with zero attached hydrogens (tertiary/aromatic N) is 1. The zero-order valence-corrected chi connectivity index (χ0v) is 10.2. The number of amides is 2. The lowest BCUT2D eigenvalue weighted by molar-refractivity contribution is 0.196. The maximum absolute atomic E-state index is 11.9. The number of nitrogens with one attached hydrogen (secondary N) is 1. The van der Waals surface area contributed by atoms with Crippen molar-refractivity contribution in [2.45, 2.75) is 32.2 Å². The molecule has 3 nitrogen and oxygen atoms in total. The standard InChI is InChI=1S/C11H20N2OS/c1-9-3-2-4-10(9)12-11(14)13-5-7-15-8-6-13/h9-10H,2-8H2,1H3,(H,12,14). The third kappa shape index (κ3) is 2.80. The van der Waals surface area contributed by atoms with Crippen LogP contribution in [0, 0.1) is 5.92 Å². The molecular formula is C11H20N2OS. The fourth-order valence-electron chi connectivity index (χ4n) is 2.38. The van der Waals surface area contributed by atoms with Gasteiger partial charge in [-0.3, -0.25) is 0 Å². The Morgan fingerprint density at radius 2 is 2.07 bits per heavy atom. The van der Waals surface area contributed by atoms with E-state index in [0.717, 1.165) is 31.0 Å². The summed E-state index contributed by atoms with van der Waals surface area (Å²) in [6.07, 6.45) is 3.69. The smallest absolute Gasteiger partial charge is 0.317 e. The molecule has 0 spiro atoms. The number of carbonyl (C=O) groups is 1. The molecule has 1 saturated carbocycles. The predicted octanol–water partition coefficient (Wildman–Crippen LogP) is 1.93. The zero-order valence-electron chi connectivity index (χ0n) is 9.37. The molecule has 2 amide bonds. The van der Waals surface area contributed by atoms with Crippen LogP contribution in [0.5, 0.6) is 0 Å². The van der Waals surface area contributed by atoms with E-state index in [9.17, 15) is 4.79 Å². The SMILES string of the molecule is CC1CCCC1NC(=O)N1CCSCC1. The summed E-state index contributed by atoms with van der Waals surface area (Å²) in [5.41, 5.74) is 0. The van der Waals surface area contributed by atoms with Gasteiger partial charge in [-0.05, 0) is 18.8 Å². The molecule has 2 aliphatic rings. The molecule has 0 aromatic heterocycles. The molecule has 1 saturated heterocycles. The average Bonchev–Trinajstić information content (AvgIpc) is 2.66. The minimum Gasteiger partial charge on any atom is -0.335 e. The van der Waals surface area contributed by atoms with E-state index < -0.39 is 0 Å². The van der Waals surface area contributed by atoms with Crippen molar-refractivity contribution in [1.29, 1.82) is 0 Å². The summed E-state index contributed by atoms with van der Waals surface area (Å²) < 4.78 is 0. The average molecular weight is 228 g/mol. The van der Waals surface area contributed by atoms with Gasteiger partial charge in [-0.2, -0.15) is 11.8 Å². The maximum Gasteiger partial charge on any atom is 0.317 e. The maximum atomic E-state index is 11.9. The number of hydrogen-bond acceptors (Lipinski definition) is 2. The van der Waals surface area contributed by atoms with Crippen molar-refractivity contribution < 1.29 is 4.79 Å². The van der Waals surface area contributed by atoms with E-state index in [1.807, 2.05) is 16.7 Å². The van der Waals surface area contributed by atoms with Crippen LogP contribution in [0.1, 0.15) is 26.2 Å². The molecule has 0 radical (unpaired) electrons. The van der Waals surface area contributed by atoms with Crippen molar-refractivity contribution in [3.63, 3.8) is 0 Å². The molecule has 2 fully saturated rings. The molecule has 0 aromatic rings. The lowest BCUT2D eigenvalue weighted by atomic mass is 10.1. The van der Waals surface area contributed by atoms with Crippen molar-refractivity contribution in [2.24, 2.45) is 5.92 Å². The summed E-state index contributed by atoms with van der Waals surface area (Å²) in [7, 11) is 0. The summed E-state index contributed by atoms with van der Waals surface area (Å²) in [5, 5.41) is 3.18. The topological polar surface area (TPSA) is 32.3 Å². The third-order valence-corrected chi connectivity index (χ3v) is 4.41. The van der Waals surface area contributed by atoms with Crippen LogP contribution >= 0.6 is 11.8 Å². The minimum absolute atomic E-state index is 0.161. The van der Waals surface area contributed by atoms with Crippen molar-refractivity contribution in [1.82, 2.24) is 10.2 Å². The normalized spacial score (nSPS) is 31.7. The fourth-order valence-corrected chi connectivity index (χ4v) is 3.28. The summed E-state index contributed by atoms with van der Waals surface area (Å²) in [4.78, 5) is 13.9. The molecule has 4 heteroatoms. The second kappa shape index (κ2) is 5.10. The van der Waals surface area contributed by atoms with Crippen LogP contribution in [0.25, 0.3) is 0 Å². The van der Waals surface area contributed by atoms with E-state index in [1.54, 1.807) is 0 Å². The van der Waals surface area contributed by atoms with Gasteiger partial charge in [0.2, 0.25) is 0 Å². The number of hydrogen-bond donors (Lipinski definition) is 1. The molecule has 2 rings (SSSR count). The van der Waals surface area contributed by atoms with E-state index in [-0.39, 0.29) is 6.03 Å². The Labute approximate surface area is 96.0 Å². The van der Waals surface area contributed by atoms with Crippen LogP contribution in [0.2, 0.25) is 0 Å². The zero-order chi connectivity index (χ0) is 10.7. The lowest BCUT2D eigenvalue weighted by Gasteiger charge is -2.29. The van der Waals surface area contributed by atoms with E-state index in [0.29, 0.717) is 12.0 Å². The van der Waals surface area contributed by atoms with Gasteiger partial charge in [0.1, 0.15) is 0 Å². The van der Waals surface area contributed by atoms with Crippen LogP contribution in [-0.4, -0.2) is 41.6 Å². The predicted molar refractivity (Wildman–Crippen MR) is 64.2 cm³/mol. The molecule has 0 aromatic carbocycles. The van der Waals surface area contributed by atoms with Gasteiger partial charge < -0.3 is 10.2 Å². The Morgan fingerprint density at radius 3 is 2.67 bits per heavy atom. The van der Waals surface area contributed by atoms with Crippen molar-refractivity contribution >= 4 is 17.8 Å². The highest BCUT2D eigenvalue weighted by Gasteiger charge is 2.26. The number of urea groups is 1. The number of thioether (sulfide) groups is 1. The number of rotatable bonds is 1. The number of carbonyl (C=O) groups excluding carboxylic acids is 1. The minimum atomic E-state index is 0.161. The molecule has 1 heterocycles. The molecular weight excluding hydrogens is 208 g/mol. The van der Waals surface area contributed by atoms with Gasteiger partial charge >= 0.3 is 6.03 Å².